The van der Waals surface area contributed by atoms with Crippen LogP contribution in [0.25, 0.3) is 16.8 Å². The second kappa shape index (κ2) is 7.43. The first-order valence-electron chi connectivity index (χ1n) is 9.04. The summed E-state index contributed by atoms with van der Waals surface area (Å²) in [6.07, 6.45) is 1.77. The zero-order chi connectivity index (χ0) is 20.5. The van der Waals surface area contributed by atoms with Crippen molar-refractivity contribution in [1.82, 2.24) is 4.57 Å². The van der Waals surface area contributed by atoms with E-state index in [4.69, 9.17) is 9.47 Å². The van der Waals surface area contributed by atoms with Gasteiger partial charge in [-0.15, -0.1) is 0 Å². The number of carbonyl (C=O) groups excluding carboxylic acids is 1. The fourth-order valence-corrected chi connectivity index (χ4v) is 3.34. The van der Waals surface area contributed by atoms with E-state index in [2.05, 4.69) is 0 Å². The molecular weight excluding hydrogens is 375 g/mol. The average molecular weight is 394 g/mol. The lowest BCUT2D eigenvalue weighted by Crippen LogP contribution is -2.35. The molecule has 0 atom stereocenters. The number of hydrogen-bond donors (Lipinski definition) is 0. The van der Waals surface area contributed by atoms with Gasteiger partial charge in [-0.25, -0.2) is 4.39 Å². The number of aromatic nitrogens is 1. The standard InChI is InChI=1S/C22H19FN2O4/c1-14-9-21(26)25(16-4-6-17(7-5-16)29-13-23)11-18(14)15-3-8-19-20(10-15)28-12-22(27)24(19)2/h3-11H,12-13H2,1-2H3. The van der Waals surface area contributed by atoms with E-state index >= 15 is 0 Å². The number of rotatable bonds is 4. The van der Waals surface area contributed by atoms with E-state index in [1.54, 1.807) is 48.5 Å². The van der Waals surface area contributed by atoms with E-state index in [1.165, 1.54) is 4.57 Å². The minimum atomic E-state index is -0.908. The van der Waals surface area contributed by atoms with Crippen LogP contribution in [0.5, 0.6) is 11.5 Å². The van der Waals surface area contributed by atoms with Crippen molar-refractivity contribution in [3.8, 4) is 28.3 Å². The summed E-state index contributed by atoms with van der Waals surface area (Å²) in [5.74, 6) is 0.909. The van der Waals surface area contributed by atoms with Crippen LogP contribution in [0.1, 0.15) is 5.56 Å². The molecule has 29 heavy (non-hydrogen) atoms. The van der Waals surface area contributed by atoms with Crippen LogP contribution in [-0.4, -0.2) is 31.0 Å². The smallest absolute Gasteiger partial charge is 0.264 e. The molecule has 0 aliphatic carbocycles. The van der Waals surface area contributed by atoms with Gasteiger partial charge in [0.15, 0.2) is 6.61 Å². The molecular formula is C22H19FN2O4. The monoisotopic (exact) mass is 394 g/mol. The molecule has 0 saturated heterocycles. The third-order valence-electron chi connectivity index (χ3n) is 4.95. The number of alkyl halides is 1. The Morgan fingerprint density at radius 2 is 1.86 bits per heavy atom. The molecule has 1 aromatic heterocycles. The molecule has 1 aliphatic rings. The number of anilines is 1. The van der Waals surface area contributed by atoms with Gasteiger partial charge in [0.05, 0.1) is 5.69 Å². The molecule has 2 heterocycles. The van der Waals surface area contributed by atoms with Crippen molar-refractivity contribution in [3.63, 3.8) is 0 Å². The Kier molecular flexibility index (Phi) is 4.80. The second-order valence-electron chi connectivity index (χ2n) is 6.75. The number of benzene rings is 2. The van der Waals surface area contributed by atoms with Crippen molar-refractivity contribution in [2.45, 2.75) is 6.92 Å². The predicted molar refractivity (Wildman–Crippen MR) is 108 cm³/mol. The highest BCUT2D eigenvalue weighted by Crippen LogP contribution is 2.36. The molecule has 0 spiro atoms. The fraction of sp³-hybridized carbons (Fsp3) is 0.182. The first-order valence-corrected chi connectivity index (χ1v) is 9.04. The van der Waals surface area contributed by atoms with Gasteiger partial charge in [0, 0.05) is 30.6 Å². The van der Waals surface area contributed by atoms with E-state index in [-0.39, 0.29) is 18.1 Å². The molecule has 3 aromatic rings. The summed E-state index contributed by atoms with van der Waals surface area (Å²) in [6.45, 7) is 0.961. The lowest BCUT2D eigenvalue weighted by Gasteiger charge is -2.26. The molecule has 0 saturated carbocycles. The van der Waals surface area contributed by atoms with Gasteiger partial charge in [0.1, 0.15) is 11.5 Å². The summed E-state index contributed by atoms with van der Waals surface area (Å²) in [4.78, 5) is 25.9. The van der Waals surface area contributed by atoms with Crippen LogP contribution in [0, 0.1) is 6.92 Å². The highest BCUT2D eigenvalue weighted by molar-refractivity contribution is 5.97. The van der Waals surface area contributed by atoms with Crippen molar-refractivity contribution >= 4 is 11.6 Å². The molecule has 2 aromatic carbocycles. The molecule has 0 unspecified atom stereocenters. The van der Waals surface area contributed by atoms with Crippen LogP contribution < -0.4 is 19.9 Å². The Bertz CT molecular complexity index is 1140. The van der Waals surface area contributed by atoms with Gasteiger partial charge in [-0.2, -0.15) is 0 Å². The van der Waals surface area contributed by atoms with Crippen molar-refractivity contribution < 1.29 is 18.7 Å². The number of fused-ring (bicyclic) bond motifs is 1. The number of hydrogen-bond acceptors (Lipinski definition) is 4. The number of ether oxygens (including phenoxy) is 2. The molecule has 0 bridgehead atoms. The maximum absolute atomic E-state index is 12.5. The van der Waals surface area contributed by atoms with Crippen LogP contribution >= 0.6 is 0 Å². The molecule has 6 nitrogen and oxygen atoms in total. The van der Waals surface area contributed by atoms with Gasteiger partial charge < -0.3 is 14.4 Å². The number of halogens is 1. The molecule has 0 N–H and O–H groups in total. The normalized spacial score (nSPS) is 13.1. The summed E-state index contributed by atoms with van der Waals surface area (Å²) in [6, 6.07) is 13.8. The second-order valence-corrected chi connectivity index (χ2v) is 6.75. The van der Waals surface area contributed by atoms with Gasteiger partial charge in [-0.1, -0.05) is 6.07 Å². The summed E-state index contributed by atoms with van der Waals surface area (Å²) in [5, 5.41) is 0. The van der Waals surface area contributed by atoms with E-state index in [0.717, 1.165) is 16.7 Å². The van der Waals surface area contributed by atoms with Crippen LogP contribution in [0.15, 0.2) is 59.5 Å². The van der Waals surface area contributed by atoms with Crippen LogP contribution in [-0.2, 0) is 4.79 Å². The average Bonchev–Trinajstić information content (AvgIpc) is 2.72. The topological polar surface area (TPSA) is 60.8 Å². The quantitative estimate of drug-likeness (QED) is 0.680. The SMILES string of the molecule is Cc1cc(=O)n(-c2ccc(OCF)cc2)cc1-c1ccc2c(c1)OCC(=O)N2C. The van der Waals surface area contributed by atoms with Gasteiger partial charge in [0.2, 0.25) is 6.86 Å². The highest BCUT2D eigenvalue weighted by atomic mass is 19.1. The van der Waals surface area contributed by atoms with Crippen molar-refractivity contribution in [2.75, 3.05) is 25.4 Å². The Morgan fingerprint density at radius 3 is 2.59 bits per heavy atom. The first kappa shape index (κ1) is 18.7. The fourth-order valence-electron chi connectivity index (χ4n) is 3.34. The van der Waals surface area contributed by atoms with Crippen LogP contribution in [0.3, 0.4) is 0 Å². The van der Waals surface area contributed by atoms with Gasteiger partial charge in [-0.3, -0.25) is 14.2 Å². The number of amides is 1. The van der Waals surface area contributed by atoms with Crippen LogP contribution in [0.2, 0.25) is 0 Å². The molecule has 4 rings (SSSR count). The van der Waals surface area contributed by atoms with E-state index in [9.17, 15) is 14.0 Å². The van der Waals surface area contributed by atoms with Gasteiger partial charge in [-0.05, 0) is 54.4 Å². The molecule has 7 heteroatoms. The number of aryl methyl sites for hydroxylation is 1. The summed E-state index contributed by atoms with van der Waals surface area (Å²) < 4.78 is 24.2. The Balaban J connectivity index is 1.76. The zero-order valence-electron chi connectivity index (χ0n) is 16.0. The Morgan fingerprint density at radius 1 is 1.10 bits per heavy atom. The third-order valence-corrected chi connectivity index (χ3v) is 4.95. The summed E-state index contributed by atoms with van der Waals surface area (Å²) in [7, 11) is 1.71. The Hall–Kier alpha value is -3.61. The first-order chi connectivity index (χ1) is 14.0. The Labute approximate surface area is 166 Å². The molecule has 1 amide bonds. The number of nitrogens with zero attached hydrogens (tertiary/aromatic N) is 2. The largest absolute Gasteiger partial charge is 0.482 e. The predicted octanol–water partition coefficient (Wildman–Crippen LogP) is 3.47. The van der Waals surface area contributed by atoms with Gasteiger partial charge in [0.25, 0.3) is 11.5 Å². The summed E-state index contributed by atoms with van der Waals surface area (Å²) >= 11 is 0. The van der Waals surface area contributed by atoms with Crippen LogP contribution in [0.4, 0.5) is 10.1 Å². The minimum Gasteiger partial charge on any atom is -0.482 e. The summed E-state index contributed by atoms with van der Waals surface area (Å²) in [5.41, 5.74) is 3.73. The van der Waals surface area contributed by atoms with Gasteiger partial charge >= 0.3 is 0 Å². The number of pyridine rings is 1. The van der Waals surface area contributed by atoms with E-state index in [1.807, 2.05) is 25.1 Å². The molecule has 0 radical (unpaired) electrons. The molecule has 148 valence electrons. The number of likely N-dealkylation sites (N-methyl/N-ethyl adjacent to an activating group) is 1. The molecule has 1 aliphatic heterocycles. The minimum absolute atomic E-state index is 0.00126. The number of carbonyl (C=O) groups is 1. The van der Waals surface area contributed by atoms with Crippen molar-refractivity contribution in [3.05, 3.63) is 70.6 Å². The maximum atomic E-state index is 12.5. The lowest BCUT2D eigenvalue weighted by molar-refractivity contribution is -0.120. The van der Waals surface area contributed by atoms with E-state index in [0.29, 0.717) is 22.9 Å². The van der Waals surface area contributed by atoms with Crippen molar-refractivity contribution in [2.24, 2.45) is 0 Å². The van der Waals surface area contributed by atoms with Crippen molar-refractivity contribution in [1.29, 1.82) is 0 Å². The van der Waals surface area contributed by atoms with E-state index < -0.39 is 6.86 Å². The zero-order valence-corrected chi connectivity index (χ0v) is 16.0. The lowest BCUT2D eigenvalue weighted by atomic mass is 10.0. The molecule has 0 fully saturated rings. The highest BCUT2D eigenvalue weighted by Gasteiger charge is 2.22. The third kappa shape index (κ3) is 3.47. The maximum Gasteiger partial charge on any atom is 0.264 e.